The molecule has 0 unspecified atom stereocenters. The summed E-state index contributed by atoms with van der Waals surface area (Å²) in [6.07, 6.45) is 1.57. The molecule has 0 bridgehead atoms. The lowest BCUT2D eigenvalue weighted by atomic mass is 10.1. The first-order valence-corrected chi connectivity index (χ1v) is 11.7. The molecule has 4 heterocycles. The van der Waals surface area contributed by atoms with Crippen molar-refractivity contribution in [3.8, 4) is 0 Å². The van der Waals surface area contributed by atoms with Crippen molar-refractivity contribution in [2.24, 2.45) is 0 Å². The minimum atomic E-state index is -0.143. The lowest BCUT2D eigenvalue weighted by molar-refractivity contribution is -0.113. The number of benzene rings is 1. The fourth-order valence-electron chi connectivity index (χ4n) is 3.44. The van der Waals surface area contributed by atoms with Gasteiger partial charge >= 0.3 is 0 Å². The fourth-order valence-corrected chi connectivity index (χ4v) is 5.00. The number of furan rings is 1. The summed E-state index contributed by atoms with van der Waals surface area (Å²) in [5.74, 6) is 1.08. The fraction of sp³-hybridized carbons (Fsp3) is 0.182. The largest absolute Gasteiger partial charge is 0.467 e. The molecule has 10 heteroatoms. The summed E-state index contributed by atoms with van der Waals surface area (Å²) in [5, 5.41) is 13.9. The van der Waals surface area contributed by atoms with Gasteiger partial charge in [-0.3, -0.25) is 18.6 Å². The van der Waals surface area contributed by atoms with Crippen LogP contribution in [0.1, 0.15) is 16.9 Å². The molecule has 0 aliphatic rings. The molecule has 0 radical (unpaired) electrons. The number of carbonyl (C=O) groups is 1. The predicted octanol–water partition coefficient (Wildman–Crippen LogP) is 4.09. The van der Waals surface area contributed by atoms with Crippen LogP contribution in [0.2, 0.25) is 0 Å². The van der Waals surface area contributed by atoms with Gasteiger partial charge < -0.3 is 9.73 Å². The number of hydrogen-bond donors (Lipinski definition) is 1. The van der Waals surface area contributed by atoms with Crippen LogP contribution in [0.15, 0.2) is 62.4 Å². The Morgan fingerprint density at radius 2 is 2.06 bits per heavy atom. The maximum Gasteiger partial charge on any atom is 0.273 e. The Bertz CT molecular complexity index is 1500. The number of amides is 1. The van der Waals surface area contributed by atoms with E-state index in [4.69, 9.17) is 4.42 Å². The summed E-state index contributed by atoms with van der Waals surface area (Å²) >= 11 is 2.64. The molecular weight excluding hydrogens is 446 g/mol. The average molecular weight is 466 g/mol. The zero-order chi connectivity index (χ0) is 22.2. The first-order chi connectivity index (χ1) is 15.5. The van der Waals surface area contributed by atoms with E-state index in [2.05, 4.69) is 15.5 Å². The van der Waals surface area contributed by atoms with E-state index < -0.39 is 0 Å². The van der Waals surface area contributed by atoms with Gasteiger partial charge in [-0.05, 0) is 60.7 Å². The third-order valence-electron chi connectivity index (χ3n) is 5.20. The summed E-state index contributed by atoms with van der Waals surface area (Å²) in [5.41, 5.74) is 3.64. The molecule has 5 rings (SSSR count). The Labute approximate surface area is 190 Å². The van der Waals surface area contributed by atoms with Gasteiger partial charge in [-0.25, -0.2) is 0 Å². The molecule has 0 atom stereocenters. The number of rotatable bonds is 6. The van der Waals surface area contributed by atoms with Crippen molar-refractivity contribution in [3.63, 3.8) is 0 Å². The van der Waals surface area contributed by atoms with E-state index in [0.29, 0.717) is 21.4 Å². The van der Waals surface area contributed by atoms with E-state index in [-0.39, 0.29) is 23.8 Å². The van der Waals surface area contributed by atoms with Crippen molar-refractivity contribution in [2.45, 2.75) is 25.5 Å². The van der Waals surface area contributed by atoms with Crippen molar-refractivity contribution in [1.82, 2.24) is 19.2 Å². The highest BCUT2D eigenvalue weighted by atomic mass is 32.2. The molecule has 0 spiro atoms. The molecule has 0 fully saturated rings. The van der Waals surface area contributed by atoms with Crippen LogP contribution in [0.3, 0.4) is 0 Å². The highest BCUT2D eigenvalue weighted by molar-refractivity contribution is 7.99. The SMILES string of the molecule is Cc1ccc(NC(=O)CSc2nnc3n(Cc4ccco4)c(=O)c4sccc4n23)cc1C. The highest BCUT2D eigenvalue weighted by Gasteiger charge is 2.19. The number of nitrogens with one attached hydrogen (secondary N) is 1. The van der Waals surface area contributed by atoms with Crippen LogP contribution in [-0.2, 0) is 11.3 Å². The Balaban J connectivity index is 1.44. The smallest absolute Gasteiger partial charge is 0.273 e. The van der Waals surface area contributed by atoms with E-state index in [9.17, 15) is 9.59 Å². The Hall–Kier alpha value is -3.37. The average Bonchev–Trinajstić information content (AvgIpc) is 3.52. The normalized spacial score (nSPS) is 11.4. The van der Waals surface area contributed by atoms with Crippen molar-refractivity contribution in [2.75, 3.05) is 11.1 Å². The lowest BCUT2D eigenvalue weighted by Gasteiger charge is -2.09. The van der Waals surface area contributed by atoms with Crippen molar-refractivity contribution >= 4 is 50.7 Å². The molecule has 0 aliphatic carbocycles. The van der Waals surface area contributed by atoms with E-state index in [1.807, 2.05) is 54.0 Å². The molecule has 162 valence electrons. The number of aryl methyl sites for hydroxylation is 2. The van der Waals surface area contributed by atoms with E-state index >= 15 is 0 Å². The van der Waals surface area contributed by atoms with Gasteiger partial charge in [-0.1, -0.05) is 17.8 Å². The molecule has 1 N–H and O–H groups in total. The number of nitrogens with zero attached hydrogens (tertiary/aromatic N) is 4. The van der Waals surface area contributed by atoms with Gasteiger partial charge in [0.1, 0.15) is 10.5 Å². The molecular formula is C22H19N5O3S2. The van der Waals surface area contributed by atoms with Gasteiger partial charge in [0.2, 0.25) is 11.7 Å². The van der Waals surface area contributed by atoms with Crippen LogP contribution in [0.4, 0.5) is 5.69 Å². The Kier molecular flexibility index (Phi) is 5.32. The number of carbonyl (C=O) groups excluding carboxylic acids is 1. The summed E-state index contributed by atoms with van der Waals surface area (Å²) in [4.78, 5) is 25.6. The second-order valence-electron chi connectivity index (χ2n) is 7.36. The maximum atomic E-state index is 13.0. The lowest BCUT2D eigenvalue weighted by Crippen LogP contribution is -2.23. The molecule has 32 heavy (non-hydrogen) atoms. The van der Waals surface area contributed by atoms with Crippen LogP contribution in [0.25, 0.3) is 16.0 Å². The number of anilines is 1. The zero-order valence-corrected chi connectivity index (χ0v) is 19.0. The summed E-state index contributed by atoms with van der Waals surface area (Å²) in [7, 11) is 0. The van der Waals surface area contributed by atoms with E-state index in [0.717, 1.165) is 16.8 Å². The van der Waals surface area contributed by atoms with Crippen molar-refractivity contribution < 1.29 is 9.21 Å². The highest BCUT2D eigenvalue weighted by Crippen LogP contribution is 2.25. The standard InChI is InChI=1S/C22H19N5O3S2/c1-13-5-6-15(10-14(13)2)23-18(28)12-32-22-25-24-21-26(11-16-4-3-8-30-16)20(29)19-17(27(21)22)7-9-31-19/h3-10H,11-12H2,1-2H3,(H,23,28). The second kappa shape index (κ2) is 8.29. The van der Waals surface area contributed by atoms with Gasteiger partial charge in [0.05, 0.1) is 24.1 Å². The topological polar surface area (TPSA) is 94.4 Å². The third kappa shape index (κ3) is 3.71. The minimum absolute atomic E-state index is 0.138. The van der Waals surface area contributed by atoms with E-state index in [1.54, 1.807) is 16.9 Å². The van der Waals surface area contributed by atoms with Crippen LogP contribution < -0.4 is 10.9 Å². The first kappa shape index (κ1) is 20.5. The number of hydrogen-bond acceptors (Lipinski definition) is 7. The number of thioether (sulfide) groups is 1. The summed E-state index contributed by atoms with van der Waals surface area (Å²) in [6, 6.07) is 11.3. The maximum absolute atomic E-state index is 13.0. The number of fused-ring (bicyclic) bond motifs is 3. The third-order valence-corrected chi connectivity index (χ3v) is 7.02. The van der Waals surface area contributed by atoms with Gasteiger partial charge in [0, 0.05) is 5.69 Å². The second-order valence-corrected chi connectivity index (χ2v) is 9.22. The van der Waals surface area contributed by atoms with Crippen LogP contribution in [0.5, 0.6) is 0 Å². The molecule has 5 aromatic rings. The first-order valence-electron chi connectivity index (χ1n) is 9.88. The van der Waals surface area contributed by atoms with Crippen LogP contribution >= 0.6 is 23.1 Å². The van der Waals surface area contributed by atoms with Gasteiger partial charge in [-0.2, -0.15) is 0 Å². The van der Waals surface area contributed by atoms with Crippen molar-refractivity contribution in [3.05, 3.63) is 75.3 Å². The molecule has 1 amide bonds. The number of thiophene rings is 1. The molecule has 0 saturated carbocycles. The quantitative estimate of drug-likeness (QED) is 0.380. The molecule has 4 aromatic heterocycles. The number of aromatic nitrogens is 4. The Morgan fingerprint density at radius 1 is 1.19 bits per heavy atom. The monoisotopic (exact) mass is 465 g/mol. The molecule has 0 saturated heterocycles. The summed E-state index contributed by atoms with van der Waals surface area (Å²) < 4.78 is 9.39. The van der Waals surface area contributed by atoms with Crippen molar-refractivity contribution in [1.29, 1.82) is 0 Å². The molecule has 1 aromatic carbocycles. The molecule has 8 nitrogen and oxygen atoms in total. The van der Waals surface area contributed by atoms with Gasteiger partial charge in [0.15, 0.2) is 5.16 Å². The summed E-state index contributed by atoms with van der Waals surface area (Å²) in [6.45, 7) is 4.29. The molecule has 0 aliphatic heterocycles. The van der Waals surface area contributed by atoms with Crippen LogP contribution in [0, 0.1) is 13.8 Å². The Morgan fingerprint density at radius 3 is 2.84 bits per heavy atom. The van der Waals surface area contributed by atoms with Gasteiger partial charge in [-0.15, -0.1) is 21.5 Å². The zero-order valence-electron chi connectivity index (χ0n) is 17.4. The minimum Gasteiger partial charge on any atom is -0.467 e. The van der Waals surface area contributed by atoms with E-state index in [1.165, 1.54) is 28.7 Å². The predicted molar refractivity (Wildman–Crippen MR) is 126 cm³/mol. The van der Waals surface area contributed by atoms with Gasteiger partial charge in [0.25, 0.3) is 5.56 Å². The van der Waals surface area contributed by atoms with Crippen LogP contribution in [-0.4, -0.2) is 30.8 Å².